The molecule has 0 radical (unpaired) electrons. The van der Waals surface area contributed by atoms with Crippen molar-refractivity contribution in [3.8, 4) is 11.5 Å². The number of nitro groups is 1. The van der Waals surface area contributed by atoms with Crippen molar-refractivity contribution in [2.75, 3.05) is 5.75 Å². The molecular weight excluding hydrogens is 314 g/mol. The van der Waals surface area contributed by atoms with Gasteiger partial charge in [0.05, 0.1) is 4.92 Å². The Morgan fingerprint density at radius 1 is 1.38 bits per heavy atom. The smallest absolute Gasteiger partial charge is 0.288 e. The average molecular weight is 328 g/mol. The van der Waals surface area contributed by atoms with Crippen LogP contribution in [0.2, 0.25) is 5.02 Å². The fourth-order valence-corrected chi connectivity index (χ4v) is 2.63. The second-order valence-electron chi connectivity index (χ2n) is 4.35. The van der Waals surface area contributed by atoms with E-state index >= 15 is 0 Å². The zero-order chi connectivity index (χ0) is 15.2. The van der Waals surface area contributed by atoms with Crippen molar-refractivity contribution < 1.29 is 9.34 Å². The summed E-state index contributed by atoms with van der Waals surface area (Å²) in [6.45, 7) is 2.14. The quantitative estimate of drug-likeness (QED) is 0.320. The lowest BCUT2D eigenvalue weighted by Crippen LogP contribution is -1.90. The summed E-state index contributed by atoms with van der Waals surface area (Å²) in [4.78, 5) is 10.3. The van der Waals surface area contributed by atoms with Crippen LogP contribution in [0.15, 0.2) is 27.8 Å². The molecule has 0 saturated heterocycles. The molecular formula is C13H14ClN3O3S. The fraction of sp³-hybridized carbons (Fsp3) is 0.385. The molecule has 21 heavy (non-hydrogen) atoms. The molecule has 2 aromatic rings. The first-order chi connectivity index (χ1) is 10.1. The van der Waals surface area contributed by atoms with Gasteiger partial charge in [-0.1, -0.05) is 43.1 Å². The van der Waals surface area contributed by atoms with Gasteiger partial charge in [-0.2, -0.15) is 0 Å². The van der Waals surface area contributed by atoms with Crippen LogP contribution in [0.1, 0.15) is 26.2 Å². The Balaban J connectivity index is 2.10. The van der Waals surface area contributed by atoms with Crippen LogP contribution in [-0.2, 0) is 0 Å². The summed E-state index contributed by atoms with van der Waals surface area (Å²) in [6, 6.07) is 4.41. The number of thioether (sulfide) groups is 1. The topological polar surface area (TPSA) is 82.1 Å². The molecule has 0 amide bonds. The molecule has 0 atom stereocenters. The summed E-state index contributed by atoms with van der Waals surface area (Å²) in [7, 11) is 0. The van der Waals surface area contributed by atoms with Crippen molar-refractivity contribution in [3.63, 3.8) is 0 Å². The van der Waals surface area contributed by atoms with Crippen LogP contribution in [0, 0.1) is 10.1 Å². The highest BCUT2D eigenvalue weighted by molar-refractivity contribution is 7.99. The molecule has 1 aromatic carbocycles. The lowest BCUT2D eigenvalue weighted by molar-refractivity contribution is -0.384. The van der Waals surface area contributed by atoms with Gasteiger partial charge < -0.3 is 4.42 Å². The molecule has 0 aliphatic carbocycles. The minimum atomic E-state index is -0.539. The predicted octanol–water partition coefficient (Wildman–Crippen LogP) is 4.58. The summed E-state index contributed by atoms with van der Waals surface area (Å²) in [5.74, 6) is 1.17. The van der Waals surface area contributed by atoms with Gasteiger partial charge in [-0.25, -0.2) is 0 Å². The first-order valence-electron chi connectivity index (χ1n) is 6.52. The van der Waals surface area contributed by atoms with E-state index in [9.17, 15) is 10.1 Å². The van der Waals surface area contributed by atoms with E-state index in [2.05, 4.69) is 17.1 Å². The van der Waals surface area contributed by atoms with Crippen LogP contribution in [0.3, 0.4) is 0 Å². The molecule has 1 aromatic heterocycles. The van der Waals surface area contributed by atoms with Gasteiger partial charge in [-0.15, -0.1) is 10.2 Å². The predicted molar refractivity (Wildman–Crippen MR) is 81.6 cm³/mol. The highest BCUT2D eigenvalue weighted by Crippen LogP contribution is 2.30. The molecule has 0 aliphatic rings. The molecule has 0 bridgehead atoms. The van der Waals surface area contributed by atoms with Gasteiger partial charge in [0.25, 0.3) is 10.9 Å². The Morgan fingerprint density at radius 2 is 2.19 bits per heavy atom. The third kappa shape index (κ3) is 4.18. The third-order valence-electron chi connectivity index (χ3n) is 2.77. The van der Waals surface area contributed by atoms with E-state index in [-0.39, 0.29) is 16.6 Å². The zero-order valence-electron chi connectivity index (χ0n) is 11.4. The standard InChI is InChI=1S/C13H14ClN3O3S/c1-2-3-4-7-21-13-16-15-12(20-13)9-5-6-10(14)11(8-9)17(18)19/h5-6,8H,2-4,7H2,1H3. The summed E-state index contributed by atoms with van der Waals surface area (Å²) in [5, 5.41) is 19.3. The number of hydrogen-bond donors (Lipinski definition) is 0. The SMILES string of the molecule is CCCCCSc1nnc(-c2ccc(Cl)c([N+](=O)[O-])c2)o1. The highest BCUT2D eigenvalue weighted by atomic mass is 35.5. The van der Waals surface area contributed by atoms with E-state index in [0.717, 1.165) is 25.0 Å². The monoisotopic (exact) mass is 327 g/mol. The largest absolute Gasteiger partial charge is 0.411 e. The maximum Gasteiger partial charge on any atom is 0.288 e. The van der Waals surface area contributed by atoms with Gasteiger partial charge in [0, 0.05) is 17.4 Å². The molecule has 6 nitrogen and oxygen atoms in total. The van der Waals surface area contributed by atoms with E-state index in [1.54, 1.807) is 6.07 Å². The maximum absolute atomic E-state index is 10.9. The van der Waals surface area contributed by atoms with Crippen LogP contribution in [0.25, 0.3) is 11.5 Å². The number of hydrogen-bond acceptors (Lipinski definition) is 6. The van der Waals surface area contributed by atoms with Gasteiger partial charge in [-0.3, -0.25) is 10.1 Å². The van der Waals surface area contributed by atoms with E-state index < -0.39 is 4.92 Å². The number of aromatic nitrogens is 2. The van der Waals surface area contributed by atoms with E-state index in [4.69, 9.17) is 16.0 Å². The summed E-state index contributed by atoms with van der Waals surface area (Å²) >= 11 is 7.26. The summed E-state index contributed by atoms with van der Waals surface area (Å²) < 4.78 is 5.50. The molecule has 2 rings (SSSR count). The Labute approximate surface area is 131 Å². The van der Waals surface area contributed by atoms with Gasteiger partial charge >= 0.3 is 0 Å². The molecule has 1 heterocycles. The summed E-state index contributed by atoms with van der Waals surface area (Å²) in [5.41, 5.74) is 0.309. The molecule has 0 aliphatic heterocycles. The van der Waals surface area contributed by atoms with Crippen LogP contribution >= 0.6 is 23.4 Å². The summed E-state index contributed by atoms with van der Waals surface area (Å²) in [6.07, 6.45) is 3.41. The van der Waals surface area contributed by atoms with Crippen LogP contribution in [0.4, 0.5) is 5.69 Å². The van der Waals surface area contributed by atoms with Crippen molar-refractivity contribution >= 4 is 29.1 Å². The second kappa shape index (κ2) is 7.42. The molecule has 0 saturated carbocycles. The Morgan fingerprint density at radius 3 is 2.90 bits per heavy atom. The molecule has 8 heteroatoms. The van der Waals surface area contributed by atoms with E-state index in [1.807, 2.05) is 0 Å². The van der Waals surface area contributed by atoms with Crippen LogP contribution in [0.5, 0.6) is 0 Å². The van der Waals surface area contributed by atoms with Crippen molar-refractivity contribution in [1.29, 1.82) is 0 Å². The first kappa shape index (κ1) is 15.8. The minimum absolute atomic E-state index is 0.0810. The van der Waals surface area contributed by atoms with Gasteiger partial charge in [0.15, 0.2) is 0 Å². The van der Waals surface area contributed by atoms with Crippen LogP contribution < -0.4 is 0 Å². The normalized spacial score (nSPS) is 10.8. The number of nitrogens with zero attached hydrogens (tertiary/aromatic N) is 3. The van der Waals surface area contributed by atoms with E-state index in [1.165, 1.54) is 23.9 Å². The molecule has 112 valence electrons. The van der Waals surface area contributed by atoms with Gasteiger partial charge in [0.1, 0.15) is 5.02 Å². The number of halogens is 1. The molecule has 0 fully saturated rings. The molecule has 0 N–H and O–H groups in total. The molecule has 0 unspecified atom stereocenters. The second-order valence-corrected chi connectivity index (χ2v) is 5.81. The zero-order valence-corrected chi connectivity index (χ0v) is 13.0. The maximum atomic E-state index is 10.9. The van der Waals surface area contributed by atoms with Crippen molar-refractivity contribution in [2.45, 2.75) is 31.4 Å². The third-order valence-corrected chi connectivity index (χ3v) is 3.99. The van der Waals surface area contributed by atoms with Crippen molar-refractivity contribution in [2.24, 2.45) is 0 Å². The van der Waals surface area contributed by atoms with Gasteiger partial charge in [0.2, 0.25) is 5.89 Å². The van der Waals surface area contributed by atoms with Crippen molar-refractivity contribution in [1.82, 2.24) is 10.2 Å². The van der Waals surface area contributed by atoms with Gasteiger partial charge in [-0.05, 0) is 18.6 Å². The Kier molecular flexibility index (Phi) is 5.58. The number of unbranched alkanes of at least 4 members (excludes halogenated alkanes) is 2. The van der Waals surface area contributed by atoms with E-state index in [0.29, 0.717) is 10.8 Å². The molecule has 0 spiro atoms. The Hall–Kier alpha value is -1.60. The first-order valence-corrected chi connectivity index (χ1v) is 7.88. The lowest BCUT2D eigenvalue weighted by Gasteiger charge is -1.98. The number of rotatable bonds is 7. The number of benzene rings is 1. The average Bonchev–Trinajstić information content (AvgIpc) is 2.92. The minimum Gasteiger partial charge on any atom is -0.411 e. The van der Waals surface area contributed by atoms with Crippen molar-refractivity contribution in [3.05, 3.63) is 33.3 Å². The Bertz CT molecular complexity index is 633. The van der Waals surface area contributed by atoms with Crippen LogP contribution in [-0.4, -0.2) is 20.9 Å². The number of nitro benzene ring substituents is 1. The fourth-order valence-electron chi connectivity index (χ4n) is 1.68. The highest BCUT2D eigenvalue weighted by Gasteiger charge is 2.16. The lowest BCUT2D eigenvalue weighted by atomic mass is 10.2.